The number of nitrogens with zero attached hydrogens (tertiary/aromatic N) is 3. The van der Waals surface area contributed by atoms with Crippen molar-refractivity contribution in [2.45, 2.75) is 13.8 Å². The summed E-state index contributed by atoms with van der Waals surface area (Å²) in [6.07, 6.45) is 0. The van der Waals surface area contributed by atoms with Gasteiger partial charge in [0.2, 0.25) is 5.82 Å². The molecule has 21 heavy (non-hydrogen) atoms. The van der Waals surface area contributed by atoms with Crippen molar-refractivity contribution in [3.8, 4) is 11.6 Å². The lowest BCUT2D eigenvalue weighted by Crippen LogP contribution is -2.00. The fourth-order valence-electron chi connectivity index (χ4n) is 1.46. The Morgan fingerprint density at radius 3 is 2.43 bits per heavy atom. The maximum Gasteiger partial charge on any atom is 0.307 e. The molecule has 0 saturated heterocycles. The third-order valence-corrected chi connectivity index (χ3v) is 2.89. The van der Waals surface area contributed by atoms with Crippen LogP contribution >= 0.6 is 11.6 Å². The Morgan fingerprint density at radius 1 is 1.19 bits per heavy atom. The molecule has 1 heterocycles. The van der Waals surface area contributed by atoms with Gasteiger partial charge >= 0.3 is 5.69 Å². The van der Waals surface area contributed by atoms with Gasteiger partial charge in [0, 0.05) is 6.07 Å². The number of ether oxygens (including phenoxy) is 1. The summed E-state index contributed by atoms with van der Waals surface area (Å²) in [4.78, 5) is 17.3. The molecule has 0 aliphatic rings. The molecule has 6 nitrogen and oxygen atoms in total. The van der Waals surface area contributed by atoms with Crippen molar-refractivity contribution in [2.24, 2.45) is 0 Å². The number of rotatable bonds is 3. The number of nitro groups is 1. The van der Waals surface area contributed by atoms with Crippen LogP contribution in [0.3, 0.4) is 0 Å². The zero-order valence-corrected chi connectivity index (χ0v) is 11.6. The summed E-state index contributed by atoms with van der Waals surface area (Å²) in [7, 11) is 0. The van der Waals surface area contributed by atoms with Crippen molar-refractivity contribution in [3.63, 3.8) is 0 Å². The molecule has 0 amide bonds. The Balaban J connectivity index is 2.43. The lowest BCUT2D eigenvalue weighted by molar-refractivity contribution is -0.387. The SMILES string of the molecule is Cc1nc(Cl)c(Oc2cc(F)c([N+](=O)[O-])cc2F)nc1C. The topological polar surface area (TPSA) is 78.2 Å². The van der Waals surface area contributed by atoms with Crippen LogP contribution in [0.1, 0.15) is 11.4 Å². The second kappa shape index (κ2) is 5.57. The highest BCUT2D eigenvalue weighted by Crippen LogP contribution is 2.32. The van der Waals surface area contributed by atoms with E-state index in [9.17, 15) is 18.9 Å². The predicted octanol–water partition coefficient (Wildman–Crippen LogP) is 3.73. The van der Waals surface area contributed by atoms with Gasteiger partial charge in [-0.25, -0.2) is 14.4 Å². The van der Waals surface area contributed by atoms with E-state index < -0.39 is 28.0 Å². The highest BCUT2D eigenvalue weighted by atomic mass is 35.5. The van der Waals surface area contributed by atoms with Gasteiger partial charge in [-0.1, -0.05) is 11.6 Å². The number of aryl methyl sites for hydroxylation is 2. The summed E-state index contributed by atoms with van der Waals surface area (Å²) in [5.74, 6) is -3.13. The van der Waals surface area contributed by atoms with Gasteiger partial charge in [0.1, 0.15) is 0 Å². The molecule has 0 atom stereocenters. The summed E-state index contributed by atoms with van der Waals surface area (Å²) in [5, 5.41) is 10.4. The van der Waals surface area contributed by atoms with Gasteiger partial charge in [-0.3, -0.25) is 10.1 Å². The maximum atomic E-state index is 13.7. The van der Waals surface area contributed by atoms with Crippen LogP contribution in [0.5, 0.6) is 11.6 Å². The van der Waals surface area contributed by atoms with Crippen LogP contribution in [0.25, 0.3) is 0 Å². The molecule has 9 heteroatoms. The largest absolute Gasteiger partial charge is 0.433 e. The smallest absolute Gasteiger partial charge is 0.307 e. The summed E-state index contributed by atoms with van der Waals surface area (Å²) in [6.45, 7) is 3.31. The van der Waals surface area contributed by atoms with Gasteiger partial charge < -0.3 is 4.74 Å². The molecule has 0 saturated carbocycles. The van der Waals surface area contributed by atoms with Crippen LogP contribution in [0.2, 0.25) is 5.15 Å². The monoisotopic (exact) mass is 315 g/mol. The van der Waals surface area contributed by atoms with Crippen LogP contribution in [0.15, 0.2) is 12.1 Å². The standard InChI is InChI=1S/C12H8ClF2N3O3/c1-5-6(2)17-12(11(13)16-5)21-10-4-7(14)9(18(19)20)3-8(10)15/h3-4H,1-2H3. The third-order valence-electron chi connectivity index (χ3n) is 2.64. The molecule has 0 fully saturated rings. The first-order valence-corrected chi connectivity index (χ1v) is 5.99. The third kappa shape index (κ3) is 3.05. The van der Waals surface area contributed by atoms with Crippen LogP contribution < -0.4 is 4.74 Å². The minimum absolute atomic E-state index is 0.128. The number of hydrogen-bond acceptors (Lipinski definition) is 5. The van der Waals surface area contributed by atoms with E-state index in [4.69, 9.17) is 16.3 Å². The van der Waals surface area contributed by atoms with Gasteiger partial charge in [0.05, 0.1) is 22.4 Å². The van der Waals surface area contributed by atoms with Gasteiger partial charge in [-0.15, -0.1) is 0 Å². The molecule has 0 radical (unpaired) electrons. The van der Waals surface area contributed by atoms with E-state index in [1.807, 2.05) is 0 Å². The second-order valence-corrected chi connectivity index (χ2v) is 4.44. The molecule has 0 aliphatic carbocycles. The van der Waals surface area contributed by atoms with Crippen molar-refractivity contribution < 1.29 is 18.4 Å². The van der Waals surface area contributed by atoms with E-state index in [-0.39, 0.29) is 11.0 Å². The number of halogens is 3. The van der Waals surface area contributed by atoms with Crippen molar-refractivity contribution >= 4 is 17.3 Å². The molecule has 2 rings (SSSR count). The molecule has 0 unspecified atom stereocenters. The van der Waals surface area contributed by atoms with Crippen LogP contribution in [0, 0.1) is 35.6 Å². The zero-order valence-electron chi connectivity index (χ0n) is 10.9. The van der Waals surface area contributed by atoms with Crippen molar-refractivity contribution in [3.05, 3.63) is 50.4 Å². The Labute approximate surface area is 122 Å². The van der Waals surface area contributed by atoms with Crippen LogP contribution in [-0.2, 0) is 0 Å². The Kier molecular flexibility index (Phi) is 3.99. The van der Waals surface area contributed by atoms with Crippen molar-refractivity contribution in [1.29, 1.82) is 0 Å². The van der Waals surface area contributed by atoms with Crippen molar-refractivity contribution in [1.82, 2.24) is 9.97 Å². The molecular formula is C12H8ClF2N3O3. The molecule has 1 aromatic carbocycles. The van der Waals surface area contributed by atoms with Crippen LogP contribution in [0.4, 0.5) is 14.5 Å². The van der Waals surface area contributed by atoms with E-state index in [2.05, 4.69) is 9.97 Å². The van der Waals surface area contributed by atoms with E-state index in [1.54, 1.807) is 13.8 Å². The summed E-state index contributed by atoms with van der Waals surface area (Å²) in [6, 6.07) is 0.980. The highest BCUT2D eigenvalue weighted by Gasteiger charge is 2.21. The number of benzene rings is 1. The van der Waals surface area contributed by atoms with E-state index >= 15 is 0 Å². The molecule has 0 spiro atoms. The summed E-state index contributed by atoms with van der Waals surface area (Å²) >= 11 is 5.80. The minimum atomic E-state index is -1.23. The molecule has 1 aromatic heterocycles. The molecular weight excluding hydrogens is 308 g/mol. The first kappa shape index (κ1) is 15.0. The predicted molar refractivity (Wildman–Crippen MR) is 69.6 cm³/mol. The molecule has 0 aliphatic heterocycles. The molecule has 2 aromatic rings. The Hall–Kier alpha value is -2.35. The number of nitro benzene ring substituents is 1. The van der Waals surface area contributed by atoms with E-state index in [0.717, 1.165) is 0 Å². The van der Waals surface area contributed by atoms with Gasteiger partial charge in [0.15, 0.2) is 16.7 Å². The lowest BCUT2D eigenvalue weighted by Gasteiger charge is -2.09. The Bertz CT molecular complexity index is 740. The fourth-order valence-corrected chi connectivity index (χ4v) is 1.67. The lowest BCUT2D eigenvalue weighted by atomic mass is 10.3. The summed E-state index contributed by atoms with van der Waals surface area (Å²) in [5.41, 5.74) is 0.0667. The molecule has 110 valence electrons. The fraction of sp³-hybridized carbons (Fsp3) is 0.167. The van der Waals surface area contributed by atoms with E-state index in [1.165, 1.54) is 0 Å². The highest BCUT2D eigenvalue weighted by molar-refractivity contribution is 6.30. The zero-order chi connectivity index (χ0) is 15.7. The second-order valence-electron chi connectivity index (χ2n) is 4.08. The van der Waals surface area contributed by atoms with Gasteiger partial charge in [-0.2, -0.15) is 4.39 Å². The Morgan fingerprint density at radius 2 is 1.81 bits per heavy atom. The number of hydrogen-bond donors (Lipinski definition) is 0. The van der Waals surface area contributed by atoms with E-state index in [0.29, 0.717) is 23.5 Å². The van der Waals surface area contributed by atoms with Crippen LogP contribution in [-0.4, -0.2) is 14.9 Å². The van der Waals surface area contributed by atoms with Crippen molar-refractivity contribution in [2.75, 3.05) is 0 Å². The summed E-state index contributed by atoms with van der Waals surface area (Å²) < 4.78 is 32.2. The van der Waals surface area contributed by atoms with Gasteiger partial charge in [-0.05, 0) is 13.8 Å². The normalized spacial score (nSPS) is 10.5. The molecule has 0 bridgehead atoms. The average Bonchev–Trinajstić information content (AvgIpc) is 2.39. The minimum Gasteiger partial charge on any atom is -0.433 e. The maximum absolute atomic E-state index is 13.7. The first-order valence-electron chi connectivity index (χ1n) is 5.61. The average molecular weight is 316 g/mol. The first-order chi connectivity index (χ1) is 9.79. The van der Waals surface area contributed by atoms with Gasteiger partial charge in [0.25, 0.3) is 5.88 Å². The quantitative estimate of drug-likeness (QED) is 0.637. The number of aromatic nitrogens is 2. The molecule has 0 N–H and O–H groups in total.